The molecule has 5 rings (SSSR count). The summed E-state index contributed by atoms with van der Waals surface area (Å²) in [4.78, 5) is 11.4. The zero-order chi connectivity index (χ0) is 32.7. The maximum Gasteiger partial charge on any atom is 0.267 e. The number of sulfonamides is 1. The van der Waals surface area contributed by atoms with Gasteiger partial charge in [-0.3, -0.25) is 9.12 Å². The van der Waals surface area contributed by atoms with E-state index in [1.54, 1.807) is 10.8 Å². The number of ether oxygens (including phenoxy) is 2. The number of nitrogens with one attached hydrogen (secondary N) is 1. The van der Waals surface area contributed by atoms with E-state index >= 15 is 13.2 Å². The molecule has 238 valence electrons. The van der Waals surface area contributed by atoms with Crippen LogP contribution in [0.5, 0.6) is 5.88 Å². The molecule has 1 aromatic carbocycles. The minimum atomic E-state index is -4.68. The lowest BCUT2D eigenvalue weighted by molar-refractivity contribution is 0.0882. The van der Waals surface area contributed by atoms with Gasteiger partial charge in [0.25, 0.3) is 10.0 Å². The second-order valence-electron chi connectivity index (χ2n) is 11.1. The van der Waals surface area contributed by atoms with E-state index in [1.807, 2.05) is 4.72 Å². The summed E-state index contributed by atoms with van der Waals surface area (Å²) in [6.07, 6.45) is 3.40. The predicted molar refractivity (Wildman–Crippen MR) is 162 cm³/mol. The zero-order valence-electron chi connectivity index (χ0n) is 24.4. The number of fused-ring (bicyclic) bond motifs is 1. The molecule has 10 nitrogen and oxygen atoms in total. The summed E-state index contributed by atoms with van der Waals surface area (Å²) in [5.41, 5.74) is -1.65. The number of benzene rings is 1. The Labute approximate surface area is 261 Å². The standard InChI is InChI=1S/C28H27ClF4N6O4SSi/c1-42-28-21(11-16(30)12-34-28)44(40,41)37-19-7-6-18(31)23(24(19)32)17-5-8-20-25(35-14-39(20)26(17)33)27-36-22(29)13-38(27)15-43-9-10-45(2,3)4/h5-8,11-14,37H,9-10,15H2,1-4H3. The number of methoxy groups -OCH3 is 1. The fourth-order valence-corrected chi connectivity index (χ4v) is 6.58. The number of hydrogen-bond donors (Lipinski definition) is 1. The summed E-state index contributed by atoms with van der Waals surface area (Å²) in [5, 5.41) is 0.159. The summed E-state index contributed by atoms with van der Waals surface area (Å²) >= 11 is 6.16. The highest BCUT2D eigenvalue weighted by Crippen LogP contribution is 2.36. The van der Waals surface area contributed by atoms with Crippen LogP contribution in [0.3, 0.4) is 0 Å². The lowest BCUT2D eigenvalue weighted by Crippen LogP contribution is -2.22. The van der Waals surface area contributed by atoms with Crippen LogP contribution >= 0.6 is 11.6 Å². The second kappa shape index (κ2) is 12.4. The van der Waals surface area contributed by atoms with E-state index in [-0.39, 0.29) is 23.1 Å². The lowest BCUT2D eigenvalue weighted by Gasteiger charge is -2.16. The Morgan fingerprint density at radius 2 is 1.82 bits per heavy atom. The van der Waals surface area contributed by atoms with Crippen LogP contribution in [0.25, 0.3) is 28.2 Å². The molecule has 0 amide bonds. The van der Waals surface area contributed by atoms with Gasteiger partial charge in [-0.2, -0.15) is 4.39 Å². The number of halogens is 5. The van der Waals surface area contributed by atoms with Crippen molar-refractivity contribution in [3.05, 3.63) is 77.6 Å². The summed E-state index contributed by atoms with van der Waals surface area (Å²) in [7, 11) is -4.89. The van der Waals surface area contributed by atoms with E-state index in [4.69, 9.17) is 21.1 Å². The van der Waals surface area contributed by atoms with Gasteiger partial charge < -0.3 is 14.0 Å². The summed E-state index contributed by atoms with van der Waals surface area (Å²) in [5.74, 6) is -4.84. The Morgan fingerprint density at radius 3 is 2.53 bits per heavy atom. The molecule has 0 bridgehead atoms. The van der Waals surface area contributed by atoms with Gasteiger partial charge in [-0.15, -0.1) is 0 Å². The van der Waals surface area contributed by atoms with E-state index in [2.05, 4.69) is 34.6 Å². The Hall–Kier alpha value is -3.99. The van der Waals surface area contributed by atoms with Gasteiger partial charge in [0.05, 0.1) is 30.1 Å². The number of nitrogens with zero attached hydrogens (tertiary/aromatic N) is 5. The van der Waals surface area contributed by atoms with Crippen LogP contribution in [0, 0.1) is 23.4 Å². The van der Waals surface area contributed by atoms with Crippen LogP contribution in [-0.4, -0.2) is 54.1 Å². The van der Waals surface area contributed by atoms with Gasteiger partial charge in [-0.05, 0) is 30.3 Å². The summed E-state index contributed by atoms with van der Waals surface area (Å²) < 4.78 is 102. The third-order valence-electron chi connectivity index (χ3n) is 6.70. The van der Waals surface area contributed by atoms with Crippen LogP contribution in [0.15, 0.2) is 53.9 Å². The smallest absolute Gasteiger partial charge is 0.267 e. The molecule has 0 aliphatic rings. The van der Waals surface area contributed by atoms with E-state index < -0.39 is 69.1 Å². The average Bonchev–Trinajstić information content (AvgIpc) is 3.56. The maximum absolute atomic E-state index is 15.9. The summed E-state index contributed by atoms with van der Waals surface area (Å²) in [6, 6.07) is 5.66. The highest BCUT2D eigenvalue weighted by Gasteiger charge is 2.27. The van der Waals surface area contributed by atoms with Gasteiger partial charge in [0.1, 0.15) is 35.5 Å². The van der Waals surface area contributed by atoms with Crippen molar-refractivity contribution in [1.29, 1.82) is 0 Å². The minimum absolute atomic E-state index is 0.121. The Balaban J connectivity index is 1.50. The monoisotopic (exact) mass is 682 g/mol. The molecule has 0 aliphatic carbocycles. The van der Waals surface area contributed by atoms with Gasteiger partial charge in [0.15, 0.2) is 16.5 Å². The van der Waals surface area contributed by atoms with Crippen molar-refractivity contribution >= 4 is 40.9 Å². The minimum Gasteiger partial charge on any atom is -0.480 e. The molecule has 5 aromatic rings. The first kappa shape index (κ1) is 32.4. The molecule has 1 N–H and O–H groups in total. The number of rotatable bonds is 11. The summed E-state index contributed by atoms with van der Waals surface area (Å²) in [6.45, 7) is 7.33. The molecule has 0 saturated carbocycles. The van der Waals surface area contributed by atoms with Crippen LogP contribution in [0.2, 0.25) is 30.8 Å². The number of aromatic nitrogens is 5. The van der Waals surface area contributed by atoms with E-state index in [9.17, 15) is 12.8 Å². The van der Waals surface area contributed by atoms with Crippen molar-refractivity contribution in [2.45, 2.75) is 37.3 Å². The molecule has 0 saturated heterocycles. The molecular weight excluding hydrogens is 656 g/mol. The molecular formula is C28H27ClF4N6O4SSi. The fourth-order valence-electron chi connectivity index (χ4n) is 4.44. The number of imidazole rings is 2. The molecule has 4 aromatic heterocycles. The zero-order valence-corrected chi connectivity index (χ0v) is 27.0. The third-order valence-corrected chi connectivity index (χ3v) is 9.95. The second-order valence-corrected chi connectivity index (χ2v) is 18.8. The number of anilines is 1. The van der Waals surface area contributed by atoms with Crippen LogP contribution < -0.4 is 9.46 Å². The van der Waals surface area contributed by atoms with E-state index in [0.29, 0.717) is 18.5 Å². The van der Waals surface area contributed by atoms with Crippen molar-refractivity contribution in [1.82, 2.24) is 23.9 Å². The first-order valence-electron chi connectivity index (χ1n) is 13.4. The normalized spacial score (nSPS) is 12.2. The molecule has 0 fully saturated rings. The van der Waals surface area contributed by atoms with Crippen LogP contribution in [0.4, 0.5) is 23.2 Å². The Morgan fingerprint density at radius 1 is 1.07 bits per heavy atom. The fraction of sp³-hybridized carbons (Fsp3) is 0.250. The molecule has 0 radical (unpaired) electrons. The molecule has 0 unspecified atom stereocenters. The van der Waals surface area contributed by atoms with Gasteiger partial charge >= 0.3 is 0 Å². The maximum atomic E-state index is 15.9. The van der Waals surface area contributed by atoms with Crippen molar-refractivity contribution in [3.8, 4) is 28.5 Å². The Bertz CT molecular complexity index is 2020. The SMILES string of the molecule is COc1ncc(F)cc1S(=O)(=O)Nc1ccc(F)c(-c2ccc3c(-c4nc(Cl)cn4COCC[Si](C)(C)C)ncn3c2F)c1F. The predicted octanol–water partition coefficient (Wildman–Crippen LogP) is 6.59. The largest absolute Gasteiger partial charge is 0.480 e. The molecule has 45 heavy (non-hydrogen) atoms. The molecule has 17 heteroatoms. The number of pyridine rings is 2. The molecule has 4 heterocycles. The van der Waals surface area contributed by atoms with Crippen LogP contribution in [-0.2, 0) is 21.5 Å². The van der Waals surface area contributed by atoms with Crippen molar-refractivity contribution in [2.24, 2.45) is 0 Å². The average molecular weight is 683 g/mol. The van der Waals surface area contributed by atoms with Crippen molar-refractivity contribution in [3.63, 3.8) is 0 Å². The highest BCUT2D eigenvalue weighted by molar-refractivity contribution is 7.92. The van der Waals surface area contributed by atoms with Crippen molar-refractivity contribution < 1.29 is 35.5 Å². The quantitative estimate of drug-likeness (QED) is 0.0724. The molecule has 0 aliphatic heterocycles. The first-order valence-corrected chi connectivity index (χ1v) is 18.9. The third kappa shape index (κ3) is 6.68. The highest BCUT2D eigenvalue weighted by atomic mass is 35.5. The van der Waals surface area contributed by atoms with Crippen LogP contribution in [0.1, 0.15) is 0 Å². The van der Waals surface area contributed by atoms with Gasteiger partial charge in [-0.25, -0.2) is 36.5 Å². The first-order chi connectivity index (χ1) is 21.2. The van der Waals surface area contributed by atoms with Crippen molar-refractivity contribution in [2.75, 3.05) is 18.4 Å². The topological polar surface area (TPSA) is 113 Å². The lowest BCUT2D eigenvalue weighted by atomic mass is 10.0. The number of hydrogen-bond acceptors (Lipinski definition) is 7. The van der Waals surface area contributed by atoms with Gasteiger partial charge in [0, 0.05) is 32.5 Å². The Kier molecular flexibility index (Phi) is 8.94. The van der Waals surface area contributed by atoms with Gasteiger partial charge in [0.2, 0.25) is 11.8 Å². The molecule has 0 spiro atoms. The molecule has 0 atom stereocenters. The van der Waals surface area contributed by atoms with E-state index in [1.165, 1.54) is 6.07 Å². The van der Waals surface area contributed by atoms with Gasteiger partial charge in [-0.1, -0.05) is 31.2 Å². The van der Waals surface area contributed by atoms with E-state index in [0.717, 1.165) is 48.3 Å².